The van der Waals surface area contributed by atoms with E-state index in [9.17, 15) is 9.59 Å². The molecule has 2 heterocycles. The molecule has 3 rings (SSSR count). The molecule has 6 heteroatoms. The maximum atomic E-state index is 12.6. The van der Waals surface area contributed by atoms with E-state index >= 15 is 0 Å². The zero-order valence-corrected chi connectivity index (χ0v) is 13.1. The summed E-state index contributed by atoms with van der Waals surface area (Å²) in [6, 6.07) is 5.74. The summed E-state index contributed by atoms with van der Waals surface area (Å²) in [5.74, 6) is -1.14. The van der Waals surface area contributed by atoms with Crippen LogP contribution in [-0.2, 0) is 9.53 Å². The fourth-order valence-electron chi connectivity index (χ4n) is 3.08. The van der Waals surface area contributed by atoms with Gasteiger partial charge in [0.1, 0.15) is 5.58 Å². The highest BCUT2D eigenvalue weighted by molar-refractivity contribution is 6.00. The van der Waals surface area contributed by atoms with Crippen molar-refractivity contribution in [3.63, 3.8) is 0 Å². The predicted octanol–water partition coefficient (Wildman–Crippen LogP) is 2.41. The van der Waals surface area contributed by atoms with Crippen molar-refractivity contribution in [1.82, 2.24) is 5.32 Å². The highest BCUT2D eigenvalue weighted by Gasteiger charge is 2.39. The fourth-order valence-corrected chi connectivity index (χ4v) is 3.08. The van der Waals surface area contributed by atoms with Gasteiger partial charge in [0.2, 0.25) is 0 Å². The number of nitrogens with one attached hydrogen (secondary N) is 1. The summed E-state index contributed by atoms with van der Waals surface area (Å²) in [6.07, 6.45) is 0.306. The molecule has 6 nitrogen and oxygen atoms in total. The first-order chi connectivity index (χ1) is 10.9. The molecular formula is C17H19NO5. The normalized spacial score (nSPS) is 20.8. The number of carboxylic acids is 1. The predicted molar refractivity (Wildman–Crippen MR) is 83.6 cm³/mol. The molecule has 122 valence electrons. The molecule has 2 N–H and O–H groups in total. The van der Waals surface area contributed by atoms with Crippen molar-refractivity contribution in [3.05, 3.63) is 35.1 Å². The first-order valence-electron chi connectivity index (χ1n) is 7.53. The minimum Gasteiger partial charge on any atom is -0.481 e. The molecule has 1 aromatic heterocycles. The molecule has 0 aliphatic carbocycles. The highest BCUT2D eigenvalue weighted by atomic mass is 16.5. The Bertz CT molecular complexity index is 771. The van der Waals surface area contributed by atoms with Crippen molar-refractivity contribution in [2.75, 3.05) is 13.2 Å². The highest BCUT2D eigenvalue weighted by Crippen LogP contribution is 2.29. The zero-order valence-electron chi connectivity index (χ0n) is 13.1. The van der Waals surface area contributed by atoms with Crippen molar-refractivity contribution in [3.8, 4) is 0 Å². The first-order valence-corrected chi connectivity index (χ1v) is 7.53. The molecule has 0 bridgehead atoms. The lowest BCUT2D eigenvalue weighted by Gasteiger charge is -2.26. The number of carbonyl (C=O) groups is 2. The summed E-state index contributed by atoms with van der Waals surface area (Å²) < 4.78 is 11.0. The molecular weight excluding hydrogens is 298 g/mol. The fraction of sp³-hybridized carbons (Fsp3) is 0.412. The van der Waals surface area contributed by atoms with Crippen LogP contribution in [0, 0.1) is 13.8 Å². The van der Waals surface area contributed by atoms with Gasteiger partial charge in [0.15, 0.2) is 5.76 Å². The number of ether oxygens (including phenoxy) is 1. The summed E-state index contributed by atoms with van der Waals surface area (Å²) >= 11 is 0. The number of carboxylic acid groups (broad SMARTS) is 1. The van der Waals surface area contributed by atoms with Crippen LogP contribution in [0.4, 0.5) is 0 Å². The standard InChI is InChI=1S/C17H19NO5/c1-10-4-3-5-12-11(2)15(23-14(10)12)16(21)18-17(8-13(19)20)6-7-22-9-17/h3-5H,6-9H2,1-2H3,(H,18,21)(H,19,20). The zero-order chi connectivity index (χ0) is 16.6. The molecule has 0 radical (unpaired) electrons. The van der Waals surface area contributed by atoms with E-state index in [4.69, 9.17) is 14.3 Å². The number of amides is 1. The maximum Gasteiger partial charge on any atom is 0.305 e. The lowest BCUT2D eigenvalue weighted by Crippen LogP contribution is -2.50. The topological polar surface area (TPSA) is 88.8 Å². The number of benzene rings is 1. The molecule has 1 atom stereocenters. The quantitative estimate of drug-likeness (QED) is 0.904. The van der Waals surface area contributed by atoms with Gasteiger partial charge >= 0.3 is 5.97 Å². The molecule has 0 spiro atoms. The molecule has 1 saturated heterocycles. The van der Waals surface area contributed by atoms with Crippen molar-refractivity contribution in [1.29, 1.82) is 0 Å². The van der Waals surface area contributed by atoms with Crippen LogP contribution in [0.5, 0.6) is 0 Å². The third-order valence-corrected chi connectivity index (χ3v) is 4.34. The average molecular weight is 317 g/mol. The van der Waals surface area contributed by atoms with E-state index in [2.05, 4.69) is 5.32 Å². The Labute approximate surface area is 133 Å². The maximum absolute atomic E-state index is 12.6. The largest absolute Gasteiger partial charge is 0.481 e. The van der Waals surface area contributed by atoms with E-state index in [-0.39, 0.29) is 18.8 Å². The lowest BCUT2D eigenvalue weighted by atomic mass is 9.94. The third kappa shape index (κ3) is 2.82. The van der Waals surface area contributed by atoms with Crippen LogP contribution in [0.2, 0.25) is 0 Å². The SMILES string of the molecule is Cc1c(C(=O)NC2(CC(=O)O)CCOC2)oc2c(C)cccc12. The van der Waals surface area contributed by atoms with Gasteiger partial charge in [-0.25, -0.2) is 0 Å². The second kappa shape index (κ2) is 5.70. The number of aryl methyl sites for hydroxylation is 2. The minimum absolute atomic E-state index is 0.170. The van der Waals surface area contributed by atoms with Gasteiger partial charge in [0.25, 0.3) is 5.91 Å². The number of hydrogen-bond donors (Lipinski definition) is 2. The van der Waals surface area contributed by atoms with Crippen molar-refractivity contribution >= 4 is 22.8 Å². The van der Waals surface area contributed by atoms with Gasteiger partial charge in [-0.05, 0) is 25.8 Å². The molecule has 2 aromatic rings. The van der Waals surface area contributed by atoms with Crippen molar-refractivity contribution in [2.45, 2.75) is 32.2 Å². The smallest absolute Gasteiger partial charge is 0.305 e. The number of fused-ring (bicyclic) bond motifs is 1. The van der Waals surface area contributed by atoms with Gasteiger partial charge in [0, 0.05) is 17.6 Å². The Morgan fingerprint density at radius 1 is 1.35 bits per heavy atom. The molecule has 1 fully saturated rings. The van der Waals surface area contributed by atoms with Crippen LogP contribution in [0.1, 0.15) is 34.5 Å². The summed E-state index contributed by atoms with van der Waals surface area (Å²) in [7, 11) is 0. The molecule has 1 aliphatic rings. The first kappa shape index (κ1) is 15.6. The van der Waals surface area contributed by atoms with E-state index in [0.29, 0.717) is 18.6 Å². The van der Waals surface area contributed by atoms with Gasteiger partial charge in [-0.3, -0.25) is 9.59 Å². The van der Waals surface area contributed by atoms with Gasteiger partial charge < -0.3 is 19.6 Å². The van der Waals surface area contributed by atoms with Gasteiger partial charge in [0.05, 0.1) is 18.6 Å². The monoisotopic (exact) mass is 317 g/mol. The van der Waals surface area contributed by atoms with Crippen LogP contribution in [-0.4, -0.2) is 35.7 Å². The van der Waals surface area contributed by atoms with Crippen LogP contribution >= 0.6 is 0 Å². The molecule has 1 aromatic carbocycles. The van der Waals surface area contributed by atoms with E-state index in [0.717, 1.165) is 16.5 Å². The van der Waals surface area contributed by atoms with Crippen LogP contribution in [0.25, 0.3) is 11.0 Å². The number of carbonyl (C=O) groups excluding carboxylic acids is 1. The molecule has 0 saturated carbocycles. The molecule has 1 amide bonds. The van der Waals surface area contributed by atoms with Crippen molar-refractivity contribution in [2.24, 2.45) is 0 Å². The Hall–Kier alpha value is -2.34. The number of hydrogen-bond acceptors (Lipinski definition) is 4. The third-order valence-electron chi connectivity index (χ3n) is 4.34. The van der Waals surface area contributed by atoms with E-state index in [1.807, 2.05) is 32.0 Å². The number of para-hydroxylation sites is 1. The Kier molecular flexibility index (Phi) is 3.85. The molecule has 1 unspecified atom stereocenters. The van der Waals surface area contributed by atoms with Crippen LogP contribution < -0.4 is 5.32 Å². The van der Waals surface area contributed by atoms with E-state index < -0.39 is 17.4 Å². The van der Waals surface area contributed by atoms with Gasteiger partial charge in [-0.1, -0.05) is 18.2 Å². The van der Waals surface area contributed by atoms with Gasteiger partial charge in [-0.2, -0.15) is 0 Å². The molecule has 1 aliphatic heterocycles. The van der Waals surface area contributed by atoms with Crippen LogP contribution in [0.3, 0.4) is 0 Å². The number of furan rings is 1. The lowest BCUT2D eigenvalue weighted by molar-refractivity contribution is -0.138. The number of aliphatic carboxylic acids is 1. The Morgan fingerprint density at radius 3 is 2.74 bits per heavy atom. The van der Waals surface area contributed by atoms with E-state index in [1.54, 1.807) is 0 Å². The summed E-state index contributed by atoms with van der Waals surface area (Å²) in [4.78, 5) is 23.7. The summed E-state index contributed by atoms with van der Waals surface area (Å²) in [6.45, 7) is 4.38. The second-order valence-corrected chi connectivity index (χ2v) is 6.12. The van der Waals surface area contributed by atoms with Crippen LogP contribution in [0.15, 0.2) is 22.6 Å². The second-order valence-electron chi connectivity index (χ2n) is 6.12. The summed E-state index contributed by atoms with van der Waals surface area (Å²) in [5, 5.41) is 12.8. The average Bonchev–Trinajstić information content (AvgIpc) is 3.05. The van der Waals surface area contributed by atoms with Gasteiger partial charge in [-0.15, -0.1) is 0 Å². The molecule has 23 heavy (non-hydrogen) atoms. The Balaban J connectivity index is 1.92. The number of rotatable bonds is 4. The van der Waals surface area contributed by atoms with Crippen molar-refractivity contribution < 1.29 is 23.8 Å². The Morgan fingerprint density at radius 2 is 2.13 bits per heavy atom. The van der Waals surface area contributed by atoms with E-state index in [1.165, 1.54) is 0 Å². The minimum atomic E-state index is -0.965. The summed E-state index contributed by atoms with van der Waals surface area (Å²) in [5.41, 5.74) is 1.52.